The van der Waals surface area contributed by atoms with E-state index in [1.165, 1.54) is 17.1 Å². The van der Waals surface area contributed by atoms with Crippen molar-refractivity contribution in [3.63, 3.8) is 0 Å². The minimum absolute atomic E-state index is 0.0113. The van der Waals surface area contributed by atoms with Crippen LogP contribution in [0.25, 0.3) is 0 Å². The Morgan fingerprint density at radius 3 is 2.81 bits per heavy atom. The van der Waals surface area contributed by atoms with Crippen LogP contribution in [0.1, 0.15) is 25.8 Å². The maximum Gasteiger partial charge on any atom is 0.573 e. The fraction of sp³-hybridized carbons (Fsp3) is 0.412. The summed E-state index contributed by atoms with van der Waals surface area (Å²) in [5.74, 6) is -0.583. The van der Waals surface area contributed by atoms with Crippen molar-refractivity contribution in [3.05, 3.63) is 34.2 Å². The van der Waals surface area contributed by atoms with E-state index in [2.05, 4.69) is 10.2 Å². The first kappa shape index (κ1) is 18.6. The molecule has 0 saturated carbocycles. The van der Waals surface area contributed by atoms with Crippen molar-refractivity contribution >= 4 is 17.7 Å². The van der Waals surface area contributed by atoms with E-state index < -0.39 is 11.9 Å². The van der Waals surface area contributed by atoms with E-state index in [1.54, 1.807) is 6.07 Å². The maximum absolute atomic E-state index is 12.9. The first-order chi connectivity index (χ1) is 12.1. The zero-order chi connectivity index (χ0) is 19.1. The van der Waals surface area contributed by atoms with Crippen LogP contribution < -0.4 is 10.2 Å². The van der Waals surface area contributed by atoms with E-state index >= 15 is 0 Å². The number of nitrogens with zero attached hydrogens (tertiary/aromatic N) is 2. The highest BCUT2D eigenvalue weighted by Crippen LogP contribution is 2.46. The topological polar surface area (TPSA) is 65.4 Å². The van der Waals surface area contributed by atoms with Crippen molar-refractivity contribution in [1.82, 2.24) is 10.4 Å². The van der Waals surface area contributed by atoms with E-state index in [9.17, 15) is 18.0 Å². The molecule has 2 heterocycles. The van der Waals surface area contributed by atoms with Crippen LogP contribution >= 0.6 is 11.8 Å². The van der Waals surface area contributed by atoms with Crippen LogP contribution in [0.4, 0.5) is 13.2 Å². The van der Waals surface area contributed by atoms with Gasteiger partial charge < -0.3 is 4.74 Å². The van der Waals surface area contributed by atoms with Gasteiger partial charge in [0.15, 0.2) is 0 Å². The zero-order valence-corrected chi connectivity index (χ0v) is 14.9. The monoisotopic (exact) mass is 383 g/mol. The van der Waals surface area contributed by atoms with Crippen molar-refractivity contribution in [2.75, 3.05) is 6.54 Å². The molecule has 0 spiro atoms. The summed E-state index contributed by atoms with van der Waals surface area (Å²) in [6, 6.07) is 6.13. The standard InChI is InChI=1S/C17H16F3N3O2S/c1-16(2)9-11-7-10-3-4-12(25-17(18,19)20)8-13(10)26-14(11)15(24)23(16)22-6-5-21/h3-4,8,22H,6-7,9H2,1-2H3. The molecule has 0 atom stereocenters. The molecule has 2 aliphatic rings. The van der Waals surface area contributed by atoms with Gasteiger partial charge in [0.05, 0.1) is 16.5 Å². The molecule has 9 heteroatoms. The van der Waals surface area contributed by atoms with Gasteiger partial charge in [0.25, 0.3) is 5.91 Å². The Morgan fingerprint density at radius 2 is 2.15 bits per heavy atom. The Hall–Kier alpha value is -2.18. The predicted octanol–water partition coefficient (Wildman–Crippen LogP) is 3.53. The fourth-order valence-electron chi connectivity index (χ4n) is 3.18. The van der Waals surface area contributed by atoms with Crippen LogP contribution in [0.2, 0.25) is 0 Å². The highest BCUT2D eigenvalue weighted by atomic mass is 32.2. The second-order valence-electron chi connectivity index (χ2n) is 6.65. The molecule has 0 aromatic heterocycles. The number of hydrogen-bond donors (Lipinski definition) is 1. The van der Waals surface area contributed by atoms with Crippen LogP contribution in [0, 0.1) is 11.3 Å². The van der Waals surface area contributed by atoms with Gasteiger partial charge in [-0.05, 0) is 50.0 Å². The number of nitrogens with one attached hydrogen (secondary N) is 1. The van der Waals surface area contributed by atoms with Gasteiger partial charge in [-0.2, -0.15) is 5.26 Å². The summed E-state index contributed by atoms with van der Waals surface area (Å²) in [7, 11) is 0. The molecule has 1 amide bonds. The van der Waals surface area contributed by atoms with Gasteiger partial charge in [-0.15, -0.1) is 13.2 Å². The third-order valence-electron chi connectivity index (χ3n) is 4.17. The Balaban J connectivity index is 1.89. The van der Waals surface area contributed by atoms with Gasteiger partial charge in [0, 0.05) is 4.90 Å². The molecule has 0 fully saturated rings. The normalized spacial score (nSPS) is 18.9. The Labute approximate surface area is 152 Å². The summed E-state index contributed by atoms with van der Waals surface area (Å²) in [6.07, 6.45) is -3.65. The van der Waals surface area contributed by atoms with Crippen molar-refractivity contribution in [3.8, 4) is 11.8 Å². The average Bonchev–Trinajstić information content (AvgIpc) is 2.51. The summed E-state index contributed by atoms with van der Waals surface area (Å²) in [6.45, 7) is 3.79. The van der Waals surface area contributed by atoms with Crippen LogP contribution in [0.3, 0.4) is 0 Å². The number of halogens is 3. The van der Waals surface area contributed by atoms with E-state index in [4.69, 9.17) is 5.26 Å². The second kappa shape index (κ2) is 6.52. The molecule has 0 bridgehead atoms. The lowest BCUT2D eigenvalue weighted by Crippen LogP contribution is -2.58. The van der Waals surface area contributed by atoms with Crippen LogP contribution in [0.15, 0.2) is 33.6 Å². The van der Waals surface area contributed by atoms with Gasteiger partial charge in [-0.25, -0.2) is 5.43 Å². The lowest BCUT2D eigenvalue weighted by atomic mass is 9.86. The molecule has 3 rings (SSSR count). The third-order valence-corrected chi connectivity index (χ3v) is 5.44. The second-order valence-corrected chi connectivity index (χ2v) is 7.70. The summed E-state index contributed by atoms with van der Waals surface area (Å²) in [4.78, 5) is 13.9. The van der Waals surface area contributed by atoms with Gasteiger partial charge in [-0.3, -0.25) is 9.80 Å². The molecule has 5 nitrogen and oxygen atoms in total. The lowest BCUT2D eigenvalue weighted by molar-refractivity contribution is -0.274. The number of fused-ring (bicyclic) bond motifs is 1. The minimum atomic E-state index is -4.76. The Bertz CT molecular complexity index is 828. The molecule has 0 unspecified atom stereocenters. The quantitative estimate of drug-likeness (QED) is 0.809. The Morgan fingerprint density at radius 1 is 1.42 bits per heavy atom. The minimum Gasteiger partial charge on any atom is -0.406 e. The molecular weight excluding hydrogens is 367 g/mol. The van der Waals surface area contributed by atoms with E-state index in [0.717, 1.165) is 22.9 Å². The van der Waals surface area contributed by atoms with Gasteiger partial charge in [-0.1, -0.05) is 17.8 Å². The van der Waals surface area contributed by atoms with Gasteiger partial charge >= 0.3 is 6.36 Å². The SMILES string of the molecule is CC1(C)CC2=C(Sc3cc(OC(F)(F)F)ccc3C2)C(=O)N1NCC#N. The average molecular weight is 383 g/mol. The highest BCUT2D eigenvalue weighted by molar-refractivity contribution is 8.04. The zero-order valence-electron chi connectivity index (χ0n) is 14.1. The van der Waals surface area contributed by atoms with Gasteiger partial charge in [0.2, 0.25) is 0 Å². The smallest absolute Gasteiger partial charge is 0.406 e. The summed E-state index contributed by atoms with van der Waals surface area (Å²) >= 11 is 1.15. The molecule has 2 aliphatic heterocycles. The molecular formula is C17H16F3N3O2S. The number of alkyl halides is 3. The van der Waals surface area contributed by atoms with E-state index in [-0.39, 0.29) is 18.2 Å². The van der Waals surface area contributed by atoms with Crippen molar-refractivity contribution < 1.29 is 22.7 Å². The van der Waals surface area contributed by atoms with Gasteiger partial charge in [0.1, 0.15) is 12.3 Å². The maximum atomic E-state index is 12.9. The first-order valence-electron chi connectivity index (χ1n) is 7.84. The van der Waals surface area contributed by atoms with E-state index in [1.807, 2.05) is 19.9 Å². The lowest BCUT2D eigenvalue weighted by Gasteiger charge is -2.44. The third kappa shape index (κ3) is 3.66. The molecule has 138 valence electrons. The van der Waals surface area contributed by atoms with Crippen LogP contribution in [0.5, 0.6) is 5.75 Å². The largest absolute Gasteiger partial charge is 0.573 e. The summed E-state index contributed by atoms with van der Waals surface area (Å²) < 4.78 is 41.2. The number of hydrogen-bond acceptors (Lipinski definition) is 5. The number of benzene rings is 1. The number of amides is 1. The molecule has 1 N–H and O–H groups in total. The first-order valence-corrected chi connectivity index (χ1v) is 8.66. The fourth-order valence-corrected chi connectivity index (χ4v) is 4.31. The van der Waals surface area contributed by atoms with Crippen LogP contribution in [-0.4, -0.2) is 29.4 Å². The number of rotatable bonds is 3. The highest BCUT2D eigenvalue weighted by Gasteiger charge is 2.42. The number of thioether (sulfide) groups is 1. The molecule has 26 heavy (non-hydrogen) atoms. The van der Waals surface area contributed by atoms with Crippen molar-refractivity contribution in [1.29, 1.82) is 5.26 Å². The summed E-state index contributed by atoms with van der Waals surface area (Å²) in [5, 5.41) is 10.2. The molecule has 0 radical (unpaired) electrons. The number of nitriles is 1. The number of carbonyl (C=O) groups is 1. The molecule has 1 aromatic carbocycles. The van der Waals surface area contributed by atoms with Crippen molar-refractivity contribution in [2.24, 2.45) is 0 Å². The number of carbonyl (C=O) groups excluding carboxylic acids is 1. The number of hydrazine groups is 1. The molecule has 1 aromatic rings. The van der Waals surface area contributed by atoms with Crippen molar-refractivity contribution in [2.45, 2.75) is 43.5 Å². The summed E-state index contributed by atoms with van der Waals surface area (Å²) in [5.41, 5.74) is 4.12. The Kier molecular flexibility index (Phi) is 4.67. The van der Waals surface area contributed by atoms with Crippen LogP contribution in [-0.2, 0) is 11.2 Å². The number of ether oxygens (including phenoxy) is 1. The molecule has 0 saturated heterocycles. The van der Waals surface area contributed by atoms with E-state index in [0.29, 0.717) is 22.6 Å². The predicted molar refractivity (Wildman–Crippen MR) is 88.9 cm³/mol. The molecule has 0 aliphatic carbocycles.